The fourth-order valence-corrected chi connectivity index (χ4v) is 3.24. The molecule has 8 heteroatoms. The predicted octanol–water partition coefficient (Wildman–Crippen LogP) is 1.69. The van der Waals surface area contributed by atoms with Crippen LogP contribution in [0, 0.1) is 5.82 Å². The van der Waals surface area contributed by atoms with Crippen LogP contribution < -0.4 is 5.73 Å². The van der Waals surface area contributed by atoms with Gasteiger partial charge in [-0.15, -0.1) is 0 Å². The van der Waals surface area contributed by atoms with Gasteiger partial charge in [0.1, 0.15) is 17.2 Å². The van der Waals surface area contributed by atoms with E-state index in [0.29, 0.717) is 17.1 Å². The van der Waals surface area contributed by atoms with Gasteiger partial charge in [-0.3, -0.25) is 9.48 Å². The van der Waals surface area contributed by atoms with Crippen LogP contribution in [0.3, 0.4) is 0 Å². The van der Waals surface area contributed by atoms with E-state index in [1.165, 1.54) is 30.2 Å². The first-order valence-corrected chi connectivity index (χ1v) is 7.75. The molecule has 2 aromatic heterocycles. The first-order chi connectivity index (χ1) is 11.0. The van der Waals surface area contributed by atoms with Crippen molar-refractivity contribution in [1.82, 2.24) is 19.7 Å². The maximum absolute atomic E-state index is 13.0. The van der Waals surface area contributed by atoms with Crippen LogP contribution in [0.25, 0.3) is 11.0 Å². The third-order valence-corrected chi connectivity index (χ3v) is 4.63. The predicted molar refractivity (Wildman–Crippen MR) is 85.2 cm³/mol. The van der Waals surface area contributed by atoms with E-state index in [1.54, 1.807) is 30.1 Å². The van der Waals surface area contributed by atoms with Crippen LogP contribution in [0.4, 0.5) is 4.39 Å². The summed E-state index contributed by atoms with van der Waals surface area (Å²) in [5.74, 6) is -0.764. The van der Waals surface area contributed by atoms with Crippen molar-refractivity contribution in [3.63, 3.8) is 0 Å². The number of primary amides is 1. The first-order valence-electron chi connectivity index (χ1n) is 6.87. The van der Waals surface area contributed by atoms with Gasteiger partial charge in [-0.25, -0.2) is 14.4 Å². The van der Waals surface area contributed by atoms with Crippen LogP contribution >= 0.6 is 11.8 Å². The van der Waals surface area contributed by atoms with Crippen molar-refractivity contribution in [3.05, 3.63) is 48.2 Å². The number of thioether (sulfide) groups is 1. The Labute approximate surface area is 135 Å². The highest BCUT2D eigenvalue weighted by molar-refractivity contribution is 8.00. The van der Waals surface area contributed by atoms with Gasteiger partial charge >= 0.3 is 0 Å². The van der Waals surface area contributed by atoms with Gasteiger partial charge in [0.15, 0.2) is 5.65 Å². The lowest BCUT2D eigenvalue weighted by Gasteiger charge is -2.13. The number of hydrogen-bond acceptors (Lipinski definition) is 5. The molecule has 23 heavy (non-hydrogen) atoms. The zero-order valence-electron chi connectivity index (χ0n) is 12.3. The molecule has 3 rings (SSSR count). The zero-order valence-corrected chi connectivity index (χ0v) is 13.1. The summed E-state index contributed by atoms with van der Waals surface area (Å²) in [6.07, 6.45) is 3.49. The van der Waals surface area contributed by atoms with E-state index < -0.39 is 11.2 Å². The molecule has 0 saturated carbocycles. The lowest BCUT2D eigenvalue weighted by molar-refractivity contribution is -0.117. The minimum absolute atomic E-state index is 0.315. The number of nitrogens with two attached hydrogens (primary N) is 1. The van der Waals surface area contributed by atoms with Gasteiger partial charge in [0.05, 0.1) is 16.8 Å². The summed E-state index contributed by atoms with van der Waals surface area (Å²) < 4.78 is 14.6. The summed E-state index contributed by atoms with van der Waals surface area (Å²) in [5.41, 5.74) is 7.03. The van der Waals surface area contributed by atoms with E-state index in [0.717, 1.165) is 10.9 Å². The maximum atomic E-state index is 13.0. The quantitative estimate of drug-likeness (QED) is 0.568. The lowest BCUT2D eigenvalue weighted by atomic mass is 10.1. The Morgan fingerprint density at radius 1 is 1.35 bits per heavy atom. The van der Waals surface area contributed by atoms with Crippen LogP contribution in [0.15, 0.2) is 41.8 Å². The number of carbonyl (C=O) groups excluding carboxylic acids is 1. The molecule has 0 bridgehead atoms. The number of nitrogens with zero attached hydrogens (tertiary/aromatic N) is 4. The third-order valence-electron chi connectivity index (χ3n) is 3.40. The largest absolute Gasteiger partial charge is 0.369 e. The van der Waals surface area contributed by atoms with Crippen LogP contribution in [-0.2, 0) is 18.3 Å². The average Bonchev–Trinajstić information content (AvgIpc) is 2.91. The molecule has 6 nitrogen and oxygen atoms in total. The molecule has 3 aromatic rings. The second-order valence-electron chi connectivity index (χ2n) is 5.02. The van der Waals surface area contributed by atoms with Gasteiger partial charge in [-0.1, -0.05) is 23.9 Å². The van der Waals surface area contributed by atoms with E-state index >= 15 is 0 Å². The molecular weight excluding hydrogens is 317 g/mol. The molecule has 118 valence electrons. The van der Waals surface area contributed by atoms with Gasteiger partial charge in [-0.2, -0.15) is 5.10 Å². The summed E-state index contributed by atoms with van der Waals surface area (Å²) in [6, 6.07) is 6.01. The number of carbonyl (C=O) groups is 1. The van der Waals surface area contributed by atoms with Crippen LogP contribution in [0.5, 0.6) is 0 Å². The summed E-state index contributed by atoms with van der Waals surface area (Å²) in [6.45, 7) is 0. The number of halogens is 1. The highest BCUT2D eigenvalue weighted by atomic mass is 32.2. The number of aryl methyl sites for hydroxylation is 1. The van der Waals surface area contributed by atoms with Crippen molar-refractivity contribution in [1.29, 1.82) is 0 Å². The van der Waals surface area contributed by atoms with Gasteiger partial charge in [0.25, 0.3) is 0 Å². The summed E-state index contributed by atoms with van der Waals surface area (Å²) in [4.78, 5) is 20.2. The molecule has 0 spiro atoms. The number of rotatable bonds is 5. The van der Waals surface area contributed by atoms with Crippen molar-refractivity contribution >= 4 is 28.7 Å². The van der Waals surface area contributed by atoms with Gasteiger partial charge in [0.2, 0.25) is 5.91 Å². The molecule has 0 unspecified atom stereocenters. The Kier molecular flexibility index (Phi) is 4.24. The average molecular weight is 331 g/mol. The van der Waals surface area contributed by atoms with E-state index in [9.17, 15) is 9.18 Å². The minimum atomic E-state index is -0.515. The van der Waals surface area contributed by atoms with Crippen molar-refractivity contribution in [2.75, 3.05) is 0 Å². The Hall–Kier alpha value is -2.48. The Morgan fingerprint density at radius 3 is 2.78 bits per heavy atom. The fourth-order valence-electron chi connectivity index (χ4n) is 2.20. The smallest absolute Gasteiger partial charge is 0.231 e. The van der Waals surface area contributed by atoms with Gasteiger partial charge in [-0.05, 0) is 24.1 Å². The Morgan fingerprint density at radius 2 is 2.09 bits per heavy atom. The molecule has 0 fully saturated rings. The Balaban J connectivity index is 1.87. The molecule has 1 atom stereocenters. The van der Waals surface area contributed by atoms with Crippen molar-refractivity contribution in [3.8, 4) is 0 Å². The lowest BCUT2D eigenvalue weighted by Crippen LogP contribution is -2.27. The van der Waals surface area contributed by atoms with Crippen LogP contribution in [0.2, 0.25) is 0 Å². The van der Waals surface area contributed by atoms with Crippen molar-refractivity contribution < 1.29 is 9.18 Å². The molecule has 0 saturated heterocycles. The number of fused-ring (bicyclic) bond motifs is 1. The SMILES string of the molecule is Cn1ncc2c(S[C@H](Cc3ccc(F)cc3)C(N)=O)ncnc21. The van der Waals surface area contributed by atoms with Gasteiger partial charge < -0.3 is 5.73 Å². The number of hydrogen-bond donors (Lipinski definition) is 1. The van der Waals surface area contributed by atoms with Crippen molar-refractivity contribution in [2.45, 2.75) is 16.7 Å². The maximum Gasteiger partial charge on any atom is 0.231 e. The molecule has 2 heterocycles. The molecule has 0 aliphatic rings. The molecule has 1 amide bonds. The normalized spacial score (nSPS) is 12.4. The monoisotopic (exact) mass is 331 g/mol. The topological polar surface area (TPSA) is 86.7 Å². The first kappa shape index (κ1) is 15.4. The molecule has 0 radical (unpaired) electrons. The van der Waals surface area contributed by atoms with E-state index in [2.05, 4.69) is 15.1 Å². The standard InChI is InChI=1S/C15H14FN5OS/c1-21-14-11(7-20-21)15(19-8-18-14)23-12(13(17)22)6-9-2-4-10(16)5-3-9/h2-5,7-8,12H,6H2,1H3,(H2,17,22)/t12-/m1/s1. The Bertz CT molecular complexity index is 849. The highest BCUT2D eigenvalue weighted by Gasteiger charge is 2.20. The number of benzene rings is 1. The second kappa shape index (κ2) is 6.33. The summed E-state index contributed by atoms with van der Waals surface area (Å²) >= 11 is 1.27. The van der Waals surface area contributed by atoms with Crippen LogP contribution in [0.1, 0.15) is 5.56 Å². The van der Waals surface area contributed by atoms with Crippen LogP contribution in [-0.4, -0.2) is 30.9 Å². The molecule has 2 N–H and O–H groups in total. The minimum Gasteiger partial charge on any atom is -0.369 e. The second-order valence-corrected chi connectivity index (χ2v) is 6.22. The molecule has 0 aliphatic carbocycles. The van der Waals surface area contributed by atoms with Gasteiger partial charge in [0, 0.05) is 7.05 Å². The summed E-state index contributed by atoms with van der Waals surface area (Å²) in [7, 11) is 1.79. The molecule has 1 aromatic carbocycles. The van der Waals surface area contributed by atoms with Crippen molar-refractivity contribution in [2.24, 2.45) is 12.8 Å². The van der Waals surface area contributed by atoms with E-state index in [4.69, 9.17) is 5.73 Å². The molecular formula is C15H14FN5OS. The van der Waals surface area contributed by atoms with E-state index in [-0.39, 0.29) is 5.82 Å². The third kappa shape index (κ3) is 3.31. The fraction of sp³-hybridized carbons (Fsp3) is 0.200. The van der Waals surface area contributed by atoms with E-state index in [1.807, 2.05) is 0 Å². The zero-order chi connectivity index (χ0) is 16.4. The number of amides is 1. The number of aromatic nitrogens is 4. The molecule has 0 aliphatic heterocycles. The summed E-state index contributed by atoms with van der Waals surface area (Å²) in [5, 5.41) is 5.05. The highest BCUT2D eigenvalue weighted by Crippen LogP contribution is 2.29.